The highest BCUT2D eigenvalue weighted by Gasteiger charge is 2.27. The summed E-state index contributed by atoms with van der Waals surface area (Å²) in [6, 6.07) is 0.747. The number of hydrogen-bond acceptors (Lipinski definition) is 7. The van der Waals surface area contributed by atoms with Gasteiger partial charge in [0.05, 0.1) is 13.2 Å². The quantitative estimate of drug-likeness (QED) is 0.713. The second-order valence-electron chi connectivity index (χ2n) is 5.10. The molecule has 0 saturated heterocycles. The van der Waals surface area contributed by atoms with Gasteiger partial charge >= 0.3 is 6.01 Å². The summed E-state index contributed by atoms with van der Waals surface area (Å²) in [6.07, 6.45) is 4.45. The van der Waals surface area contributed by atoms with Gasteiger partial charge in [0.15, 0.2) is 0 Å². The van der Waals surface area contributed by atoms with Gasteiger partial charge in [0.2, 0.25) is 11.9 Å². The lowest BCUT2D eigenvalue weighted by Gasteiger charge is -2.37. The zero-order chi connectivity index (χ0) is 15.1. The van der Waals surface area contributed by atoms with Crippen LogP contribution in [-0.2, 0) is 0 Å². The lowest BCUT2D eigenvalue weighted by atomic mass is 9.92. The Morgan fingerprint density at radius 1 is 1.29 bits per heavy atom. The molecule has 7 heteroatoms. The van der Waals surface area contributed by atoms with Crippen molar-refractivity contribution < 1.29 is 9.84 Å². The van der Waals surface area contributed by atoms with Crippen LogP contribution in [0.2, 0.25) is 0 Å². The van der Waals surface area contributed by atoms with Crippen molar-refractivity contribution >= 4 is 11.9 Å². The summed E-state index contributed by atoms with van der Waals surface area (Å²) in [5, 5.41) is 12.5. The molecule has 1 saturated carbocycles. The Bertz CT molecular complexity index is 439. The van der Waals surface area contributed by atoms with Crippen molar-refractivity contribution in [3.05, 3.63) is 0 Å². The van der Waals surface area contributed by atoms with E-state index >= 15 is 0 Å². The molecule has 2 N–H and O–H groups in total. The third kappa shape index (κ3) is 4.17. The molecule has 0 aromatic carbocycles. The Kier molecular flexibility index (Phi) is 5.98. The Morgan fingerprint density at radius 3 is 2.67 bits per heavy atom. The average Bonchev–Trinajstić information content (AvgIpc) is 2.43. The molecule has 0 unspecified atom stereocenters. The first-order valence-corrected chi connectivity index (χ1v) is 7.78. The molecule has 0 radical (unpaired) electrons. The van der Waals surface area contributed by atoms with E-state index in [1.165, 1.54) is 6.42 Å². The SMILES string of the molecule is CCCNc1nc(OCC)nc(N(CCO)C2CCC2)n1. The molecule has 118 valence electrons. The summed E-state index contributed by atoms with van der Waals surface area (Å²) < 4.78 is 5.44. The summed E-state index contributed by atoms with van der Waals surface area (Å²) >= 11 is 0. The number of ether oxygens (including phenoxy) is 1. The normalized spacial score (nSPS) is 14.6. The van der Waals surface area contributed by atoms with Gasteiger partial charge in [-0.15, -0.1) is 0 Å². The van der Waals surface area contributed by atoms with E-state index in [1.54, 1.807) is 0 Å². The van der Waals surface area contributed by atoms with Crippen LogP contribution >= 0.6 is 0 Å². The molecule has 1 aromatic rings. The maximum absolute atomic E-state index is 9.29. The first-order chi connectivity index (χ1) is 10.3. The van der Waals surface area contributed by atoms with E-state index in [4.69, 9.17) is 4.74 Å². The minimum Gasteiger partial charge on any atom is -0.464 e. The number of nitrogens with zero attached hydrogens (tertiary/aromatic N) is 4. The van der Waals surface area contributed by atoms with Crippen molar-refractivity contribution in [2.45, 2.75) is 45.6 Å². The van der Waals surface area contributed by atoms with E-state index in [0.29, 0.717) is 37.1 Å². The van der Waals surface area contributed by atoms with E-state index in [-0.39, 0.29) is 6.61 Å². The summed E-state index contributed by atoms with van der Waals surface area (Å²) in [4.78, 5) is 15.2. The summed E-state index contributed by atoms with van der Waals surface area (Å²) in [6.45, 7) is 5.93. The highest BCUT2D eigenvalue weighted by atomic mass is 16.5. The molecule has 0 atom stereocenters. The van der Waals surface area contributed by atoms with Gasteiger partial charge in [-0.2, -0.15) is 15.0 Å². The van der Waals surface area contributed by atoms with E-state index in [1.807, 2.05) is 6.92 Å². The zero-order valence-corrected chi connectivity index (χ0v) is 12.9. The van der Waals surface area contributed by atoms with Crippen LogP contribution in [0.1, 0.15) is 39.5 Å². The fourth-order valence-corrected chi connectivity index (χ4v) is 2.24. The van der Waals surface area contributed by atoms with Gasteiger partial charge in [0.25, 0.3) is 0 Å². The van der Waals surface area contributed by atoms with Crippen molar-refractivity contribution in [1.82, 2.24) is 15.0 Å². The molecule has 7 nitrogen and oxygen atoms in total. The lowest BCUT2D eigenvalue weighted by molar-refractivity contribution is 0.280. The third-order valence-electron chi connectivity index (χ3n) is 3.52. The van der Waals surface area contributed by atoms with Gasteiger partial charge in [0, 0.05) is 19.1 Å². The minimum absolute atomic E-state index is 0.0872. The summed E-state index contributed by atoms with van der Waals surface area (Å²) in [7, 11) is 0. The fourth-order valence-electron chi connectivity index (χ4n) is 2.24. The van der Waals surface area contributed by atoms with Gasteiger partial charge in [0.1, 0.15) is 0 Å². The molecule has 1 aliphatic carbocycles. The highest BCUT2D eigenvalue weighted by molar-refractivity contribution is 5.40. The van der Waals surface area contributed by atoms with Crippen LogP contribution in [-0.4, -0.2) is 52.4 Å². The molecule has 0 spiro atoms. The predicted octanol–water partition coefficient (Wildman–Crippen LogP) is 1.44. The van der Waals surface area contributed by atoms with Crippen LogP contribution in [0.15, 0.2) is 0 Å². The minimum atomic E-state index is 0.0872. The van der Waals surface area contributed by atoms with Crippen LogP contribution in [0, 0.1) is 0 Å². The van der Waals surface area contributed by atoms with Gasteiger partial charge < -0.3 is 20.1 Å². The maximum atomic E-state index is 9.29. The number of aliphatic hydroxyl groups is 1. The van der Waals surface area contributed by atoms with Crippen LogP contribution in [0.5, 0.6) is 6.01 Å². The zero-order valence-electron chi connectivity index (χ0n) is 12.9. The Balaban J connectivity index is 2.22. The van der Waals surface area contributed by atoms with E-state index in [9.17, 15) is 5.11 Å². The number of hydrogen-bond donors (Lipinski definition) is 2. The van der Waals surface area contributed by atoms with Crippen LogP contribution in [0.25, 0.3) is 0 Å². The molecular weight excluding hydrogens is 270 g/mol. The molecule has 0 bridgehead atoms. The van der Waals surface area contributed by atoms with Crippen LogP contribution in [0.4, 0.5) is 11.9 Å². The second-order valence-corrected chi connectivity index (χ2v) is 5.10. The van der Waals surface area contributed by atoms with Crippen LogP contribution in [0.3, 0.4) is 0 Å². The molecule has 1 fully saturated rings. The number of aromatic nitrogens is 3. The maximum Gasteiger partial charge on any atom is 0.323 e. The Labute approximate surface area is 125 Å². The number of nitrogens with one attached hydrogen (secondary N) is 1. The predicted molar refractivity (Wildman–Crippen MR) is 81.8 cm³/mol. The summed E-state index contributed by atoms with van der Waals surface area (Å²) in [5.74, 6) is 1.12. The second kappa shape index (κ2) is 7.97. The smallest absolute Gasteiger partial charge is 0.323 e. The number of aliphatic hydroxyl groups excluding tert-OH is 1. The highest BCUT2D eigenvalue weighted by Crippen LogP contribution is 2.28. The molecule has 1 aromatic heterocycles. The van der Waals surface area contributed by atoms with Crippen molar-refractivity contribution in [3.8, 4) is 6.01 Å². The van der Waals surface area contributed by atoms with Gasteiger partial charge in [-0.05, 0) is 32.6 Å². The van der Waals surface area contributed by atoms with Crippen molar-refractivity contribution in [2.75, 3.05) is 36.5 Å². The molecule has 0 amide bonds. The molecule has 2 rings (SSSR count). The van der Waals surface area contributed by atoms with Gasteiger partial charge in [-0.25, -0.2) is 0 Å². The standard InChI is InChI=1S/C14H25N5O2/c1-3-8-15-12-16-13(18-14(17-12)21-4-2)19(9-10-20)11-6-5-7-11/h11,20H,3-10H2,1-2H3,(H,15,16,17,18). The van der Waals surface area contributed by atoms with Crippen molar-refractivity contribution in [2.24, 2.45) is 0 Å². The lowest BCUT2D eigenvalue weighted by Crippen LogP contribution is -2.43. The number of anilines is 2. The average molecular weight is 295 g/mol. The Hall–Kier alpha value is -1.63. The summed E-state index contributed by atoms with van der Waals surface area (Å²) in [5.41, 5.74) is 0. The molecular formula is C14H25N5O2. The molecule has 1 heterocycles. The van der Waals surface area contributed by atoms with Crippen molar-refractivity contribution in [3.63, 3.8) is 0 Å². The first-order valence-electron chi connectivity index (χ1n) is 7.78. The fraction of sp³-hybridized carbons (Fsp3) is 0.786. The van der Waals surface area contributed by atoms with Crippen LogP contribution < -0.4 is 15.0 Å². The Morgan fingerprint density at radius 2 is 2.10 bits per heavy atom. The molecule has 21 heavy (non-hydrogen) atoms. The van der Waals surface area contributed by atoms with Gasteiger partial charge in [-0.3, -0.25) is 0 Å². The largest absolute Gasteiger partial charge is 0.464 e. The van der Waals surface area contributed by atoms with Gasteiger partial charge in [-0.1, -0.05) is 6.92 Å². The molecule has 1 aliphatic rings. The third-order valence-corrected chi connectivity index (χ3v) is 3.52. The molecule has 0 aliphatic heterocycles. The monoisotopic (exact) mass is 295 g/mol. The van der Waals surface area contributed by atoms with E-state index in [0.717, 1.165) is 25.8 Å². The van der Waals surface area contributed by atoms with E-state index < -0.39 is 0 Å². The number of rotatable bonds is 9. The van der Waals surface area contributed by atoms with E-state index in [2.05, 4.69) is 32.1 Å². The topological polar surface area (TPSA) is 83.4 Å². The van der Waals surface area contributed by atoms with Crippen molar-refractivity contribution in [1.29, 1.82) is 0 Å². The first kappa shape index (κ1) is 15.8.